The maximum atomic E-state index is 12.9. The van der Waals surface area contributed by atoms with Gasteiger partial charge >= 0.3 is 6.03 Å². The van der Waals surface area contributed by atoms with Gasteiger partial charge in [0.05, 0.1) is 5.41 Å². The van der Waals surface area contributed by atoms with E-state index in [1.54, 1.807) is 11.0 Å². The first kappa shape index (κ1) is 21.2. The Bertz CT molecular complexity index is 897. The zero-order valence-electron chi connectivity index (χ0n) is 17.2. The third-order valence-electron chi connectivity index (χ3n) is 5.53. The normalized spacial score (nSPS) is 19.0. The van der Waals surface area contributed by atoms with Gasteiger partial charge in [0, 0.05) is 30.3 Å². The molecule has 29 heavy (non-hydrogen) atoms. The van der Waals surface area contributed by atoms with Gasteiger partial charge in [0.15, 0.2) is 0 Å². The third-order valence-corrected chi connectivity index (χ3v) is 5.94. The predicted molar refractivity (Wildman–Crippen MR) is 117 cm³/mol. The van der Waals surface area contributed by atoms with Crippen molar-refractivity contribution >= 4 is 29.2 Å². The molecule has 1 aliphatic heterocycles. The monoisotopic (exact) mass is 413 g/mol. The summed E-state index contributed by atoms with van der Waals surface area (Å²) in [6.45, 7) is 7.39. The van der Waals surface area contributed by atoms with Crippen molar-refractivity contribution in [1.82, 2.24) is 10.2 Å². The molecule has 0 spiro atoms. The molecule has 6 heteroatoms. The molecule has 2 aromatic carbocycles. The van der Waals surface area contributed by atoms with Crippen LogP contribution in [0.1, 0.15) is 36.5 Å². The summed E-state index contributed by atoms with van der Waals surface area (Å²) >= 11 is 6.15. The van der Waals surface area contributed by atoms with Crippen molar-refractivity contribution in [2.75, 3.05) is 18.4 Å². The Kier molecular flexibility index (Phi) is 6.48. The van der Waals surface area contributed by atoms with Gasteiger partial charge in [-0.05, 0) is 56.9 Å². The van der Waals surface area contributed by atoms with E-state index in [-0.39, 0.29) is 11.9 Å². The van der Waals surface area contributed by atoms with E-state index in [1.807, 2.05) is 57.2 Å². The molecule has 1 atom stereocenters. The zero-order chi connectivity index (χ0) is 21.0. The fraction of sp³-hybridized carbons (Fsp3) is 0.391. The van der Waals surface area contributed by atoms with Gasteiger partial charge in [0.25, 0.3) is 0 Å². The first-order chi connectivity index (χ1) is 13.8. The van der Waals surface area contributed by atoms with E-state index in [0.29, 0.717) is 30.3 Å². The molecule has 1 fully saturated rings. The fourth-order valence-corrected chi connectivity index (χ4v) is 3.75. The molecule has 5 nitrogen and oxygen atoms in total. The molecule has 2 N–H and O–H groups in total. The minimum Gasteiger partial charge on any atom is -0.351 e. The van der Waals surface area contributed by atoms with Gasteiger partial charge < -0.3 is 15.5 Å². The Morgan fingerprint density at radius 3 is 2.55 bits per heavy atom. The number of nitrogens with zero attached hydrogens (tertiary/aromatic N) is 1. The topological polar surface area (TPSA) is 61.4 Å². The average molecular weight is 414 g/mol. The zero-order valence-corrected chi connectivity index (χ0v) is 18.0. The van der Waals surface area contributed by atoms with E-state index in [0.717, 1.165) is 24.0 Å². The lowest BCUT2D eigenvalue weighted by Gasteiger charge is -2.39. The number of halogens is 1. The second-order valence-electron chi connectivity index (χ2n) is 8.15. The van der Waals surface area contributed by atoms with Gasteiger partial charge in [0.1, 0.15) is 0 Å². The Balaban J connectivity index is 1.60. The highest BCUT2D eigenvalue weighted by Crippen LogP contribution is 2.30. The van der Waals surface area contributed by atoms with Crippen LogP contribution in [0.25, 0.3) is 0 Å². The molecule has 1 heterocycles. The second kappa shape index (κ2) is 8.87. The maximum absolute atomic E-state index is 12.9. The largest absolute Gasteiger partial charge is 0.351 e. The van der Waals surface area contributed by atoms with Crippen molar-refractivity contribution in [3.05, 3.63) is 64.2 Å². The summed E-state index contributed by atoms with van der Waals surface area (Å²) in [5, 5.41) is 6.54. The number of carbonyl (C=O) groups is 2. The smallest absolute Gasteiger partial charge is 0.321 e. The van der Waals surface area contributed by atoms with E-state index in [9.17, 15) is 9.59 Å². The maximum Gasteiger partial charge on any atom is 0.321 e. The van der Waals surface area contributed by atoms with E-state index in [4.69, 9.17) is 11.6 Å². The molecule has 0 aromatic heterocycles. The Morgan fingerprint density at radius 2 is 1.86 bits per heavy atom. The third kappa shape index (κ3) is 5.30. The van der Waals surface area contributed by atoms with Crippen LogP contribution in [0.2, 0.25) is 5.02 Å². The number of benzene rings is 2. The molecule has 0 radical (unpaired) electrons. The van der Waals surface area contributed by atoms with Crippen LogP contribution in [-0.2, 0) is 11.3 Å². The van der Waals surface area contributed by atoms with Crippen molar-refractivity contribution in [1.29, 1.82) is 0 Å². The number of carbonyl (C=O) groups excluding carboxylic acids is 2. The first-order valence-electron chi connectivity index (χ1n) is 9.93. The summed E-state index contributed by atoms with van der Waals surface area (Å²) in [5.41, 5.74) is 3.26. The SMILES string of the molecule is Cc1ccc(CNC(=O)C2(C)CCCN(C(=O)Nc3ccc(C)c(Cl)c3)C2)cc1. The number of urea groups is 1. The van der Waals surface area contributed by atoms with Gasteiger partial charge in [-0.3, -0.25) is 4.79 Å². The highest BCUT2D eigenvalue weighted by atomic mass is 35.5. The standard InChI is InChI=1S/C23H28ClN3O2/c1-16-5-8-18(9-6-16)14-25-21(28)23(3)11-4-12-27(15-23)22(29)26-19-10-7-17(2)20(24)13-19/h5-10,13H,4,11-12,14-15H2,1-3H3,(H,25,28)(H,26,29). The van der Waals surface area contributed by atoms with Crippen molar-refractivity contribution in [3.8, 4) is 0 Å². The Morgan fingerprint density at radius 1 is 1.14 bits per heavy atom. The van der Waals surface area contributed by atoms with Gasteiger partial charge in [-0.1, -0.05) is 47.5 Å². The highest BCUT2D eigenvalue weighted by Gasteiger charge is 2.39. The lowest BCUT2D eigenvalue weighted by Crippen LogP contribution is -2.52. The molecular weight excluding hydrogens is 386 g/mol. The molecule has 3 amide bonds. The number of anilines is 1. The lowest BCUT2D eigenvalue weighted by molar-refractivity contribution is -0.132. The Labute approximate surface area is 177 Å². The highest BCUT2D eigenvalue weighted by molar-refractivity contribution is 6.31. The predicted octanol–water partition coefficient (Wildman–Crippen LogP) is 4.91. The van der Waals surface area contributed by atoms with Crippen molar-refractivity contribution in [2.45, 2.75) is 40.2 Å². The summed E-state index contributed by atoms with van der Waals surface area (Å²) in [6.07, 6.45) is 1.55. The number of hydrogen-bond donors (Lipinski definition) is 2. The van der Waals surface area contributed by atoms with Gasteiger partial charge in [0.2, 0.25) is 5.91 Å². The minimum atomic E-state index is -0.606. The van der Waals surface area contributed by atoms with Gasteiger partial charge in [-0.2, -0.15) is 0 Å². The summed E-state index contributed by atoms with van der Waals surface area (Å²) in [4.78, 5) is 27.3. The van der Waals surface area contributed by atoms with Crippen LogP contribution in [-0.4, -0.2) is 29.9 Å². The number of nitrogens with one attached hydrogen (secondary N) is 2. The molecule has 1 saturated heterocycles. The van der Waals surface area contributed by atoms with Crippen LogP contribution in [0.5, 0.6) is 0 Å². The molecule has 0 bridgehead atoms. The minimum absolute atomic E-state index is 0.0195. The van der Waals surface area contributed by atoms with E-state index < -0.39 is 5.41 Å². The van der Waals surface area contributed by atoms with E-state index in [2.05, 4.69) is 10.6 Å². The van der Waals surface area contributed by atoms with E-state index in [1.165, 1.54) is 5.56 Å². The van der Waals surface area contributed by atoms with Gasteiger partial charge in [-0.25, -0.2) is 4.79 Å². The quantitative estimate of drug-likeness (QED) is 0.748. The number of piperidine rings is 1. The van der Waals surface area contributed by atoms with Crippen molar-refractivity contribution < 1.29 is 9.59 Å². The van der Waals surface area contributed by atoms with Crippen molar-refractivity contribution in [3.63, 3.8) is 0 Å². The number of amides is 3. The number of rotatable bonds is 4. The van der Waals surface area contributed by atoms with Crippen LogP contribution < -0.4 is 10.6 Å². The van der Waals surface area contributed by atoms with Crippen LogP contribution in [0.3, 0.4) is 0 Å². The lowest BCUT2D eigenvalue weighted by atomic mass is 9.81. The summed E-state index contributed by atoms with van der Waals surface area (Å²) in [5.74, 6) is -0.0195. The summed E-state index contributed by atoms with van der Waals surface area (Å²) in [6, 6.07) is 13.3. The fourth-order valence-electron chi connectivity index (χ4n) is 3.57. The molecule has 0 saturated carbocycles. The summed E-state index contributed by atoms with van der Waals surface area (Å²) < 4.78 is 0. The van der Waals surface area contributed by atoms with Crippen LogP contribution in [0.4, 0.5) is 10.5 Å². The molecule has 1 unspecified atom stereocenters. The van der Waals surface area contributed by atoms with Crippen LogP contribution in [0, 0.1) is 19.3 Å². The molecular formula is C23H28ClN3O2. The van der Waals surface area contributed by atoms with Gasteiger partial charge in [-0.15, -0.1) is 0 Å². The van der Waals surface area contributed by atoms with Crippen LogP contribution in [0.15, 0.2) is 42.5 Å². The van der Waals surface area contributed by atoms with Crippen LogP contribution >= 0.6 is 11.6 Å². The summed E-state index contributed by atoms with van der Waals surface area (Å²) in [7, 11) is 0. The number of hydrogen-bond acceptors (Lipinski definition) is 2. The number of likely N-dealkylation sites (tertiary alicyclic amines) is 1. The van der Waals surface area contributed by atoms with E-state index >= 15 is 0 Å². The first-order valence-corrected chi connectivity index (χ1v) is 10.3. The van der Waals surface area contributed by atoms with Crippen molar-refractivity contribution in [2.24, 2.45) is 5.41 Å². The molecule has 2 aromatic rings. The molecule has 154 valence electrons. The molecule has 3 rings (SSSR count). The Hall–Kier alpha value is -2.53. The average Bonchev–Trinajstić information content (AvgIpc) is 2.70. The second-order valence-corrected chi connectivity index (χ2v) is 8.56. The molecule has 1 aliphatic rings. The number of aryl methyl sites for hydroxylation is 2. The molecule has 0 aliphatic carbocycles.